The lowest BCUT2D eigenvalue weighted by molar-refractivity contribution is -0.137. The molecular weight excluding hydrogens is 336 g/mol. The molecule has 1 N–H and O–H groups in total. The summed E-state index contributed by atoms with van der Waals surface area (Å²) >= 11 is 5.11. The first-order chi connectivity index (χ1) is 12.1. The van der Waals surface area contributed by atoms with Gasteiger partial charge in [-0.05, 0) is 23.3 Å². The van der Waals surface area contributed by atoms with Crippen LogP contribution in [0.4, 0.5) is 0 Å². The zero-order chi connectivity index (χ0) is 17.6. The van der Waals surface area contributed by atoms with Crippen LogP contribution in [0.5, 0.6) is 0 Å². The first kappa shape index (κ1) is 16.9. The van der Waals surface area contributed by atoms with Crippen molar-refractivity contribution < 1.29 is 14.3 Å². The predicted molar refractivity (Wildman–Crippen MR) is 98.1 cm³/mol. The summed E-state index contributed by atoms with van der Waals surface area (Å²) in [6.07, 6.45) is 1.56. The number of carbonyl (C=O) groups excluding carboxylic acids is 2. The Morgan fingerprint density at radius 1 is 1.12 bits per heavy atom. The molecule has 25 heavy (non-hydrogen) atoms. The second kappa shape index (κ2) is 7.72. The molecule has 5 nitrogen and oxygen atoms in total. The van der Waals surface area contributed by atoms with Crippen LogP contribution in [-0.2, 0) is 20.9 Å². The van der Waals surface area contributed by atoms with E-state index in [9.17, 15) is 9.59 Å². The molecule has 1 fully saturated rings. The van der Waals surface area contributed by atoms with Crippen molar-refractivity contribution in [3.8, 4) is 0 Å². The number of amides is 1. The Hall–Kier alpha value is -2.99. The lowest BCUT2D eigenvalue weighted by atomic mass is 10.1. The van der Waals surface area contributed by atoms with Crippen LogP contribution in [0.25, 0.3) is 5.57 Å². The molecule has 6 heteroatoms. The average Bonchev–Trinajstić information content (AvgIpc) is 2.96. The van der Waals surface area contributed by atoms with Gasteiger partial charge in [0.1, 0.15) is 13.2 Å². The minimum atomic E-state index is -0.475. The molecule has 0 spiro atoms. The van der Waals surface area contributed by atoms with Crippen LogP contribution in [0.2, 0.25) is 0 Å². The maximum absolute atomic E-state index is 12.6. The number of benzene rings is 2. The molecule has 0 bridgehead atoms. The summed E-state index contributed by atoms with van der Waals surface area (Å²) in [6, 6.07) is 18.6. The van der Waals surface area contributed by atoms with Crippen LogP contribution in [0.15, 0.2) is 66.9 Å². The summed E-state index contributed by atoms with van der Waals surface area (Å²) in [7, 11) is 0. The van der Waals surface area contributed by atoms with Crippen LogP contribution in [-0.4, -0.2) is 28.4 Å². The highest BCUT2D eigenvalue weighted by Crippen LogP contribution is 2.19. The Bertz CT molecular complexity index is 819. The summed E-state index contributed by atoms with van der Waals surface area (Å²) in [6.45, 7) is 0.257. The number of ether oxygens (including phenoxy) is 1. The topological polar surface area (TPSA) is 58.6 Å². The molecule has 2 aromatic rings. The smallest absolute Gasteiger partial charge is 0.340 e. The Balaban J connectivity index is 1.82. The molecule has 0 saturated carbocycles. The van der Waals surface area contributed by atoms with Gasteiger partial charge in [0, 0.05) is 6.20 Å². The zero-order valence-corrected chi connectivity index (χ0v) is 14.2. The number of carbonyl (C=O) groups is 2. The summed E-state index contributed by atoms with van der Waals surface area (Å²) in [5, 5.41) is 2.81. The highest BCUT2D eigenvalue weighted by Gasteiger charge is 2.24. The first-order valence-corrected chi connectivity index (χ1v) is 8.13. The first-order valence-electron chi connectivity index (χ1n) is 7.72. The number of nitrogens with one attached hydrogen (secondary N) is 1. The monoisotopic (exact) mass is 352 g/mol. The van der Waals surface area contributed by atoms with Crippen molar-refractivity contribution in [2.45, 2.75) is 6.61 Å². The second-order valence-electron chi connectivity index (χ2n) is 5.45. The van der Waals surface area contributed by atoms with Crippen LogP contribution in [0, 0.1) is 0 Å². The van der Waals surface area contributed by atoms with Gasteiger partial charge in [0.2, 0.25) is 5.91 Å². The fourth-order valence-corrected chi connectivity index (χ4v) is 2.61. The quantitative estimate of drug-likeness (QED) is 0.509. The van der Waals surface area contributed by atoms with Crippen molar-refractivity contribution in [2.75, 3.05) is 6.54 Å². The van der Waals surface area contributed by atoms with Gasteiger partial charge in [-0.2, -0.15) is 0 Å². The highest BCUT2D eigenvalue weighted by atomic mass is 32.1. The molecule has 1 aliphatic rings. The molecule has 1 aliphatic heterocycles. The number of rotatable bonds is 5. The van der Waals surface area contributed by atoms with Gasteiger partial charge in [-0.25, -0.2) is 4.79 Å². The average molecular weight is 352 g/mol. The molecule has 126 valence electrons. The molecule has 0 aromatic heterocycles. The molecule has 3 rings (SSSR count). The van der Waals surface area contributed by atoms with E-state index >= 15 is 0 Å². The summed E-state index contributed by atoms with van der Waals surface area (Å²) < 4.78 is 5.43. The van der Waals surface area contributed by atoms with Crippen molar-refractivity contribution in [3.63, 3.8) is 0 Å². The van der Waals surface area contributed by atoms with Gasteiger partial charge in [-0.15, -0.1) is 0 Å². The van der Waals surface area contributed by atoms with E-state index in [1.807, 2.05) is 60.7 Å². The molecule has 1 saturated heterocycles. The van der Waals surface area contributed by atoms with Crippen LogP contribution in [0.1, 0.15) is 11.1 Å². The number of nitrogens with zero attached hydrogens (tertiary/aromatic N) is 1. The maximum Gasteiger partial charge on any atom is 0.340 e. The van der Waals surface area contributed by atoms with Crippen molar-refractivity contribution in [3.05, 3.63) is 78.0 Å². The van der Waals surface area contributed by atoms with E-state index in [1.54, 1.807) is 6.20 Å². The van der Waals surface area contributed by atoms with Crippen LogP contribution in [0.3, 0.4) is 0 Å². The third-order valence-electron chi connectivity index (χ3n) is 3.62. The number of thiocarbonyl (C=S) groups is 1. The van der Waals surface area contributed by atoms with Crippen molar-refractivity contribution >= 4 is 34.8 Å². The third kappa shape index (κ3) is 4.30. The fourth-order valence-electron chi connectivity index (χ4n) is 2.38. The normalized spacial score (nSPS) is 14.4. The van der Waals surface area contributed by atoms with E-state index in [4.69, 9.17) is 17.0 Å². The van der Waals surface area contributed by atoms with Gasteiger partial charge < -0.3 is 15.0 Å². The van der Waals surface area contributed by atoms with Gasteiger partial charge >= 0.3 is 5.97 Å². The molecule has 0 unspecified atom stereocenters. The van der Waals surface area contributed by atoms with E-state index < -0.39 is 5.97 Å². The van der Waals surface area contributed by atoms with Gasteiger partial charge in [0.15, 0.2) is 5.11 Å². The standard InChI is InChI=1S/C19H16N2O3S/c22-17-12-21(19(25)20-17)11-16(15-9-5-2-6-10-15)18(23)24-13-14-7-3-1-4-8-14/h1-11H,12-13H2,(H,20,22,25)/b16-11-. The van der Waals surface area contributed by atoms with Gasteiger partial charge in [-0.1, -0.05) is 60.7 Å². The highest BCUT2D eigenvalue weighted by molar-refractivity contribution is 7.80. The molecule has 1 heterocycles. The third-order valence-corrected chi connectivity index (χ3v) is 3.96. The molecule has 1 amide bonds. The van der Waals surface area contributed by atoms with E-state index in [1.165, 1.54) is 4.90 Å². The molecule has 0 atom stereocenters. The molecule has 0 radical (unpaired) electrons. The minimum absolute atomic E-state index is 0.0845. The zero-order valence-electron chi connectivity index (χ0n) is 13.3. The van der Waals surface area contributed by atoms with Gasteiger partial charge in [-0.3, -0.25) is 4.79 Å². The molecule has 2 aromatic carbocycles. The van der Waals surface area contributed by atoms with E-state index in [2.05, 4.69) is 5.32 Å². The van der Waals surface area contributed by atoms with Gasteiger partial charge in [0.25, 0.3) is 0 Å². The van der Waals surface area contributed by atoms with E-state index in [-0.39, 0.29) is 24.2 Å². The van der Waals surface area contributed by atoms with Gasteiger partial charge in [0.05, 0.1) is 5.57 Å². The summed E-state index contributed by atoms with van der Waals surface area (Å²) in [5.41, 5.74) is 1.94. The second-order valence-corrected chi connectivity index (χ2v) is 5.84. The molecular formula is C19H16N2O3S. The Labute approximate surface area is 150 Å². The lowest BCUT2D eigenvalue weighted by Crippen LogP contribution is -2.24. The predicted octanol–water partition coefficient (Wildman–Crippen LogP) is 2.49. The fraction of sp³-hybridized carbons (Fsp3) is 0.105. The summed E-state index contributed by atoms with van der Waals surface area (Å²) in [4.78, 5) is 25.6. The largest absolute Gasteiger partial charge is 0.457 e. The van der Waals surface area contributed by atoms with Crippen molar-refractivity contribution in [2.24, 2.45) is 0 Å². The van der Waals surface area contributed by atoms with Crippen LogP contribution >= 0.6 is 12.2 Å². The number of hydrogen-bond acceptors (Lipinski definition) is 4. The Kier molecular flexibility index (Phi) is 5.20. The maximum atomic E-state index is 12.6. The number of hydrogen-bond donors (Lipinski definition) is 1. The summed E-state index contributed by atoms with van der Waals surface area (Å²) in [5.74, 6) is -0.677. The van der Waals surface area contributed by atoms with Crippen molar-refractivity contribution in [1.82, 2.24) is 10.2 Å². The Morgan fingerprint density at radius 2 is 1.76 bits per heavy atom. The van der Waals surface area contributed by atoms with Crippen LogP contribution < -0.4 is 5.32 Å². The van der Waals surface area contributed by atoms with Crippen molar-refractivity contribution in [1.29, 1.82) is 0 Å². The van der Waals surface area contributed by atoms with E-state index in [0.29, 0.717) is 11.1 Å². The minimum Gasteiger partial charge on any atom is -0.457 e. The van der Waals surface area contributed by atoms with E-state index in [0.717, 1.165) is 5.56 Å². The lowest BCUT2D eigenvalue weighted by Gasteiger charge is -2.14. The molecule has 0 aliphatic carbocycles. The SMILES string of the molecule is O=C1CN(/C=C(\C(=O)OCc2ccccc2)c2ccccc2)C(=S)N1. The Morgan fingerprint density at radius 3 is 2.36 bits per heavy atom. The number of esters is 1.